The molecule has 1 heterocycles. The van der Waals surface area contributed by atoms with Crippen LogP contribution in [0.5, 0.6) is 0 Å². The third kappa shape index (κ3) is 4.75. The Labute approximate surface area is 163 Å². The number of amides is 2. The third-order valence-corrected chi connectivity index (χ3v) is 4.36. The molecule has 2 aromatic carbocycles. The normalized spacial score (nSPS) is 16.5. The van der Waals surface area contributed by atoms with Gasteiger partial charge >= 0.3 is 5.97 Å². The van der Waals surface area contributed by atoms with E-state index in [2.05, 4.69) is 5.32 Å². The average Bonchev–Trinajstić information content (AvgIpc) is 2.71. The predicted octanol–water partition coefficient (Wildman–Crippen LogP) is 2.23. The molecule has 1 aliphatic heterocycles. The quantitative estimate of drug-likeness (QED) is 0.775. The van der Waals surface area contributed by atoms with Crippen LogP contribution in [-0.2, 0) is 25.6 Å². The highest BCUT2D eigenvalue weighted by Crippen LogP contribution is 2.17. The van der Waals surface area contributed by atoms with Gasteiger partial charge in [0.1, 0.15) is 12.6 Å². The number of hydrogen-bond acceptors (Lipinski definition) is 5. The van der Waals surface area contributed by atoms with E-state index in [1.807, 2.05) is 30.3 Å². The van der Waals surface area contributed by atoms with Crippen molar-refractivity contribution in [2.45, 2.75) is 19.5 Å². The minimum Gasteiger partial charge on any atom is -0.462 e. The van der Waals surface area contributed by atoms with Gasteiger partial charge in [0.05, 0.1) is 18.8 Å². The number of esters is 1. The van der Waals surface area contributed by atoms with Crippen molar-refractivity contribution in [3.63, 3.8) is 0 Å². The Bertz CT molecular complexity index is 836. The average molecular weight is 382 g/mol. The lowest BCUT2D eigenvalue weighted by Crippen LogP contribution is -2.54. The van der Waals surface area contributed by atoms with E-state index in [0.29, 0.717) is 24.4 Å². The topological polar surface area (TPSA) is 84.9 Å². The Kier molecular flexibility index (Phi) is 6.39. The van der Waals surface area contributed by atoms with Gasteiger partial charge in [-0.3, -0.25) is 9.59 Å². The summed E-state index contributed by atoms with van der Waals surface area (Å²) in [6.45, 7) is 2.46. The van der Waals surface area contributed by atoms with E-state index in [1.54, 1.807) is 31.2 Å². The number of benzene rings is 2. The van der Waals surface area contributed by atoms with Gasteiger partial charge in [-0.2, -0.15) is 0 Å². The van der Waals surface area contributed by atoms with E-state index in [0.717, 1.165) is 5.56 Å². The molecule has 0 aliphatic carbocycles. The minimum absolute atomic E-state index is 0.0369. The fourth-order valence-corrected chi connectivity index (χ4v) is 2.93. The van der Waals surface area contributed by atoms with Crippen LogP contribution < -0.4 is 5.32 Å². The molecule has 0 radical (unpaired) electrons. The summed E-state index contributed by atoms with van der Waals surface area (Å²) in [5.74, 6) is -0.985. The van der Waals surface area contributed by atoms with Crippen molar-refractivity contribution in [1.29, 1.82) is 0 Å². The Morgan fingerprint density at radius 1 is 1.14 bits per heavy atom. The second-order valence-corrected chi connectivity index (χ2v) is 6.33. The van der Waals surface area contributed by atoms with Crippen molar-refractivity contribution in [2.24, 2.45) is 0 Å². The lowest BCUT2D eigenvalue weighted by molar-refractivity contribution is -0.154. The first-order valence-electron chi connectivity index (χ1n) is 9.07. The smallest absolute Gasteiger partial charge is 0.338 e. The maximum Gasteiger partial charge on any atom is 0.338 e. The number of rotatable bonds is 6. The summed E-state index contributed by atoms with van der Waals surface area (Å²) in [5.41, 5.74) is 1.87. The van der Waals surface area contributed by atoms with E-state index < -0.39 is 12.0 Å². The number of anilines is 1. The Morgan fingerprint density at radius 2 is 1.86 bits per heavy atom. The highest BCUT2D eigenvalue weighted by atomic mass is 16.5. The Balaban J connectivity index is 1.69. The summed E-state index contributed by atoms with van der Waals surface area (Å²) in [5, 5.41) is 2.78. The molecular formula is C21H22N2O5. The molecule has 0 unspecified atom stereocenters. The van der Waals surface area contributed by atoms with Gasteiger partial charge in [0.2, 0.25) is 11.8 Å². The summed E-state index contributed by atoms with van der Waals surface area (Å²) in [4.78, 5) is 38.3. The van der Waals surface area contributed by atoms with Crippen molar-refractivity contribution < 1.29 is 23.9 Å². The number of nitrogens with zero attached hydrogens (tertiary/aromatic N) is 1. The molecule has 2 amide bonds. The molecule has 1 atom stereocenters. The lowest BCUT2D eigenvalue weighted by Gasteiger charge is -2.34. The standard InChI is InChI=1S/C21H22N2O5/c1-2-28-21(26)16-8-10-17(11-9-16)22-20(25)18-13-27-14-19(24)23(18)12-15-6-4-3-5-7-15/h3-11,18H,2,12-14H2,1H3,(H,22,25)/t18-/m0/s1. The molecule has 1 aliphatic rings. The van der Waals surface area contributed by atoms with Crippen LogP contribution in [0.2, 0.25) is 0 Å². The van der Waals surface area contributed by atoms with Crippen LogP contribution in [0.4, 0.5) is 5.69 Å². The summed E-state index contributed by atoms with van der Waals surface area (Å²) in [6.07, 6.45) is 0. The lowest BCUT2D eigenvalue weighted by atomic mass is 10.1. The molecule has 2 aromatic rings. The molecule has 1 N–H and O–H groups in total. The first-order chi connectivity index (χ1) is 13.6. The Morgan fingerprint density at radius 3 is 2.54 bits per heavy atom. The van der Waals surface area contributed by atoms with Crippen LogP contribution in [-0.4, -0.2) is 48.5 Å². The first kappa shape index (κ1) is 19.6. The van der Waals surface area contributed by atoms with Crippen LogP contribution in [0, 0.1) is 0 Å². The van der Waals surface area contributed by atoms with Crippen LogP contribution in [0.1, 0.15) is 22.8 Å². The second-order valence-electron chi connectivity index (χ2n) is 6.33. The molecule has 146 valence electrons. The highest BCUT2D eigenvalue weighted by molar-refractivity contribution is 5.98. The molecule has 1 fully saturated rings. The first-order valence-corrected chi connectivity index (χ1v) is 9.07. The van der Waals surface area contributed by atoms with Crippen LogP contribution >= 0.6 is 0 Å². The molecule has 28 heavy (non-hydrogen) atoms. The molecule has 0 saturated carbocycles. The molecule has 7 nitrogen and oxygen atoms in total. The van der Waals surface area contributed by atoms with Gasteiger partial charge in [-0.15, -0.1) is 0 Å². The number of carbonyl (C=O) groups excluding carboxylic acids is 3. The van der Waals surface area contributed by atoms with Crippen molar-refractivity contribution in [3.8, 4) is 0 Å². The zero-order chi connectivity index (χ0) is 19.9. The monoisotopic (exact) mass is 382 g/mol. The van der Waals surface area contributed by atoms with E-state index in [9.17, 15) is 14.4 Å². The van der Waals surface area contributed by atoms with Crippen LogP contribution in [0.15, 0.2) is 54.6 Å². The number of morpholine rings is 1. The maximum atomic E-state index is 12.8. The summed E-state index contributed by atoms with van der Waals surface area (Å²) >= 11 is 0. The predicted molar refractivity (Wildman–Crippen MR) is 103 cm³/mol. The SMILES string of the molecule is CCOC(=O)c1ccc(NC(=O)[C@@H]2COCC(=O)N2Cc2ccccc2)cc1. The second kappa shape index (κ2) is 9.14. The zero-order valence-electron chi connectivity index (χ0n) is 15.6. The number of ether oxygens (including phenoxy) is 2. The molecule has 7 heteroatoms. The van der Waals surface area contributed by atoms with Gasteiger partial charge < -0.3 is 19.7 Å². The van der Waals surface area contributed by atoms with E-state index in [-0.39, 0.29) is 25.0 Å². The zero-order valence-corrected chi connectivity index (χ0v) is 15.6. The number of carbonyl (C=O) groups is 3. The van der Waals surface area contributed by atoms with Crippen LogP contribution in [0.25, 0.3) is 0 Å². The molecule has 0 aromatic heterocycles. The Hall–Kier alpha value is -3.19. The van der Waals surface area contributed by atoms with E-state index in [1.165, 1.54) is 4.90 Å². The van der Waals surface area contributed by atoms with Gasteiger partial charge in [0.25, 0.3) is 0 Å². The highest BCUT2D eigenvalue weighted by Gasteiger charge is 2.34. The minimum atomic E-state index is -0.730. The van der Waals surface area contributed by atoms with Gasteiger partial charge in [-0.05, 0) is 36.8 Å². The van der Waals surface area contributed by atoms with Crippen LogP contribution in [0.3, 0.4) is 0 Å². The van der Waals surface area contributed by atoms with Gasteiger partial charge in [-0.1, -0.05) is 30.3 Å². The van der Waals surface area contributed by atoms with Gasteiger partial charge in [0.15, 0.2) is 0 Å². The third-order valence-electron chi connectivity index (χ3n) is 4.36. The molecule has 0 spiro atoms. The number of hydrogen-bond donors (Lipinski definition) is 1. The maximum absolute atomic E-state index is 12.8. The fourth-order valence-electron chi connectivity index (χ4n) is 2.93. The largest absolute Gasteiger partial charge is 0.462 e. The molecule has 1 saturated heterocycles. The molecule has 3 rings (SSSR count). The summed E-state index contributed by atoms with van der Waals surface area (Å²) in [6, 6.07) is 15.2. The fraction of sp³-hybridized carbons (Fsp3) is 0.286. The number of nitrogens with one attached hydrogen (secondary N) is 1. The molecule has 0 bridgehead atoms. The molecular weight excluding hydrogens is 360 g/mol. The summed E-state index contributed by atoms with van der Waals surface area (Å²) < 4.78 is 10.2. The van der Waals surface area contributed by atoms with Crippen molar-refractivity contribution >= 4 is 23.5 Å². The van der Waals surface area contributed by atoms with Crippen molar-refractivity contribution in [3.05, 3.63) is 65.7 Å². The van der Waals surface area contributed by atoms with Crippen molar-refractivity contribution in [2.75, 3.05) is 25.1 Å². The van der Waals surface area contributed by atoms with Gasteiger partial charge in [0, 0.05) is 12.2 Å². The van der Waals surface area contributed by atoms with E-state index in [4.69, 9.17) is 9.47 Å². The summed E-state index contributed by atoms with van der Waals surface area (Å²) in [7, 11) is 0. The van der Waals surface area contributed by atoms with Gasteiger partial charge in [-0.25, -0.2) is 4.79 Å². The van der Waals surface area contributed by atoms with Crippen molar-refractivity contribution in [1.82, 2.24) is 4.90 Å². The van der Waals surface area contributed by atoms with E-state index >= 15 is 0 Å².